The summed E-state index contributed by atoms with van der Waals surface area (Å²) in [6, 6.07) is 0. The summed E-state index contributed by atoms with van der Waals surface area (Å²) < 4.78 is 0. The van der Waals surface area contributed by atoms with Crippen molar-refractivity contribution < 1.29 is 19.6 Å². The summed E-state index contributed by atoms with van der Waals surface area (Å²) in [6.07, 6.45) is 0. The third-order valence-corrected chi connectivity index (χ3v) is 1.32. The maximum Gasteiger partial charge on any atom is 0.447 e. The Morgan fingerprint density at radius 3 is 1.17 bits per heavy atom. The highest BCUT2D eigenvalue weighted by Gasteiger charge is 2.01. The van der Waals surface area contributed by atoms with Crippen LogP contribution < -0.4 is 9.79 Å². The fourth-order valence-electron chi connectivity index (χ4n) is 0. The highest BCUT2D eigenvalue weighted by molar-refractivity contribution is 7.90. The first-order valence-electron chi connectivity index (χ1n) is 0.965. The van der Waals surface area contributed by atoms with Gasteiger partial charge in [-0.2, -0.15) is 9.79 Å². The van der Waals surface area contributed by atoms with Gasteiger partial charge in [0.25, 0.3) is 0 Å². The van der Waals surface area contributed by atoms with Gasteiger partial charge in [-0.3, -0.25) is 0 Å². The SMILES string of the molecule is [O-][P+](O)=[P+]([O-])O. The molecule has 0 fully saturated rings. The topological polar surface area (TPSA) is 86.6 Å². The minimum absolute atomic E-state index is 2.84. The van der Waals surface area contributed by atoms with Crippen LogP contribution in [0.1, 0.15) is 0 Å². The summed E-state index contributed by atoms with van der Waals surface area (Å²) in [5.41, 5.74) is 0. The highest BCUT2D eigenvalue weighted by Crippen LogP contribution is 2.25. The Balaban J connectivity index is 3.68. The molecule has 36 valence electrons. The Labute approximate surface area is 36.0 Å². The monoisotopic (exact) mass is 128 g/mol. The molecule has 0 saturated carbocycles. The van der Waals surface area contributed by atoms with Gasteiger partial charge in [-0.25, -0.2) is 0 Å². The van der Waals surface area contributed by atoms with Crippen LogP contribution in [0.15, 0.2) is 0 Å². The lowest BCUT2D eigenvalue weighted by atomic mass is 15.9. The summed E-state index contributed by atoms with van der Waals surface area (Å²) >= 11 is 0. The molecule has 0 rings (SSSR count). The van der Waals surface area contributed by atoms with Crippen LogP contribution in [-0.4, -0.2) is 9.79 Å². The summed E-state index contributed by atoms with van der Waals surface area (Å²) in [6.45, 7) is 0. The van der Waals surface area contributed by atoms with Crippen molar-refractivity contribution in [3.05, 3.63) is 0 Å². The van der Waals surface area contributed by atoms with E-state index in [0.29, 0.717) is 0 Å². The van der Waals surface area contributed by atoms with Crippen molar-refractivity contribution >= 4 is 15.3 Å². The largest absolute Gasteiger partial charge is 0.566 e. The molecule has 0 spiro atoms. The van der Waals surface area contributed by atoms with Gasteiger partial charge >= 0.3 is 15.3 Å². The molecule has 0 aliphatic carbocycles. The van der Waals surface area contributed by atoms with Crippen molar-refractivity contribution in [1.29, 1.82) is 0 Å². The fourth-order valence-corrected chi connectivity index (χ4v) is 0. The molecule has 0 aromatic carbocycles. The normalized spacial score (nSPS) is 14.0. The minimum Gasteiger partial charge on any atom is -0.566 e. The number of rotatable bonds is 0. The van der Waals surface area contributed by atoms with Gasteiger partial charge in [0.1, 0.15) is 0 Å². The zero-order chi connectivity index (χ0) is 5.15. The Morgan fingerprint density at radius 1 is 1.00 bits per heavy atom. The van der Waals surface area contributed by atoms with Crippen molar-refractivity contribution in [3.8, 4) is 0 Å². The zero-order valence-electron chi connectivity index (χ0n) is 2.61. The molecular formula is H2O4P2. The molecule has 0 aromatic heterocycles. The maximum atomic E-state index is 9.31. The van der Waals surface area contributed by atoms with Crippen LogP contribution in [0.4, 0.5) is 0 Å². The lowest BCUT2D eigenvalue weighted by Crippen LogP contribution is -1.89. The first-order chi connectivity index (χ1) is 2.64. The fraction of sp³-hybridized carbons (Fsp3) is 0. The zero-order valence-corrected chi connectivity index (χ0v) is 4.39. The molecule has 0 aromatic rings. The Morgan fingerprint density at radius 2 is 1.17 bits per heavy atom. The summed E-state index contributed by atoms with van der Waals surface area (Å²) in [5.74, 6) is 0. The summed E-state index contributed by atoms with van der Waals surface area (Å²) in [5, 5.41) is 0. The second kappa shape index (κ2) is 2.59. The van der Waals surface area contributed by atoms with E-state index in [4.69, 9.17) is 9.79 Å². The Bertz CT molecular complexity index is 55.6. The van der Waals surface area contributed by atoms with Crippen molar-refractivity contribution in [2.24, 2.45) is 0 Å². The molecule has 0 amide bonds. The third kappa shape index (κ3) is 2.67. The van der Waals surface area contributed by atoms with Crippen LogP contribution in [0.25, 0.3) is 0 Å². The molecule has 0 radical (unpaired) electrons. The first kappa shape index (κ1) is 6.44. The van der Waals surface area contributed by atoms with E-state index in [2.05, 4.69) is 0 Å². The molecule has 2 unspecified atom stereocenters. The van der Waals surface area contributed by atoms with Crippen molar-refractivity contribution in [3.63, 3.8) is 0 Å². The van der Waals surface area contributed by atoms with Gasteiger partial charge in [-0.15, -0.1) is 0 Å². The van der Waals surface area contributed by atoms with Crippen molar-refractivity contribution in [2.45, 2.75) is 0 Å². The van der Waals surface area contributed by atoms with E-state index in [1.807, 2.05) is 0 Å². The van der Waals surface area contributed by atoms with Gasteiger partial charge in [0.05, 0.1) is 0 Å². The molecule has 0 saturated heterocycles. The molecule has 0 aliphatic rings. The van der Waals surface area contributed by atoms with E-state index >= 15 is 0 Å². The minimum atomic E-state index is -2.84. The van der Waals surface area contributed by atoms with Gasteiger partial charge < -0.3 is 9.79 Å². The highest BCUT2D eigenvalue weighted by atomic mass is 31.8. The molecule has 6 heavy (non-hydrogen) atoms. The maximum absolute atomic E-state index is 9.31. The molecule has 0 bridgehead atoms. The van der Waals surface area contributed by atoms with Crippen LogP contribution in [0.5, 0.6) is 0 Å². The van der Waals surface area contributed by atoms with Gasteiger partial charge in [-0.05, 0) is 0 Å². The Kier molecular flexibility index (Phi) is 2.78. The van der Waals surface area contributed by atoms with E-state index < -0.39 is 15.3 Å². The standard InChI is InChI=1S/H2O4P2/c1-5(2)6(3)4/h(H,1,2)(H,3,4). The van der Waals surface area contributed by atoms with Crippen LogP contribution in [0, 0.1) is 0 Å². The molecule has 0 heterocycles. The van der Waals surface area contributed by atoms with E-state index in [1.165, 1.54) is 0 Å². The Hall–Kier alpha value is 0.440. The van der Waals surface area contributed by atoms with Crippen molar-refractivity contribution in [1.82, 2.24) is 0 Å². The van der Waals surface area contributed by atoms with Gasteiger partial charge in [-0.1, -0.05) is 0 Å². The molecular weight excluding hydrogens is 126 g/mol. The smallest absolute Gasteiger partial charge is 0.447 e. The van der Waals surface area contributed by atoms with E-state index in [9.17, 15) is 9.79 Å². The molecule has 4 nitrogen and oxygen atoms in total. The average Bonchev–Trinajstić information content (AvgIpc) is 1.36. The van der Waals surface area contributed by atoms with Crippen LogP contribution >= 0.6 is 15.3 Å². The van der Waals surface area contributed by atoms with E-state index in [0.717, 1.165) is 0 Å². The van der Waals surface area contributed by atoms with Gasteiger partial charge in [0.2, 0.25) is 0 Å². The second-order valence-electron chi connectivity index (χ2n) is 0.505. The van der Waals surface area contributed by atoms with Crippen LogP contribution in [-0.2, 0) is 0 Å². The second-order valence-corrected chi connectivity index (χ2v) is 3.57. The van der Waals surface area contributed by atoms with Crippen molar-refractivity contribution in [2.75, 3.05) is 0 Å². The lowest BCUT2D eigenvalue weighted by Gasteiger charge is -1.74. The van der Waals surface area contributed by atoms with Gasteiger partial charge in [0, 0.05) is 0 Å². The predicted molar refractivity (Wildman–Crippen MR) is 18.3 cm³/mol. The molecule has 6 heteroatoms. The number of hydrogen-bond acceptors (Lipinski definition) is 2. The van der Waals surface area contributed by atoms with E-state index in [1.54, 1.807) is 0 Å². The third-order valence-electron chi connectivity index (χ3n) is 0.146. The summed E-state index contributed by atoms with van der Waals surface area (Å²) in [7, 11) is -5.69. The summed E-state index contributed by atoms with van der Waals surface area (Å²) in [4.78, 5) is 33.8. The van der Waals surface area contributed by atoms with Crippen LogP contribution in [0.3, 0.4) is 0 Å². The lowest BCUT2D eigenvalue weighted by molar-refractivity contribution is -0.186. The van der Waals surface area contributed by atoms with E-state index in [-0.39, 0.29) is 0 Å². The number of hydrogen-bond donors (Lipinski definition) is 2. The quantitative estimate of drug-likeness (QED) is 0.378. The van der Waals surface area contributed by atoms with Gasteiger partial charge in [0.15, 0.2) is 0 Å². The predicted octanol–water partition coefficient (Wildman–Crippen LogP) is -1.77. The molecule has 2 N–H and O–H groups in total. The molecule has 0 aliphatic heterocycles. The van der Waals surface area contributed by atoms with Crippen LogP contribution in [0.2, 0.25) is 0 Å². The first-order valence-corrected chi connectivity index (χ1v) is 4.10. The average molecular weight is 128 g/mol. The molecule has 2 atom stereocenters.